The molecule has 0 aliphatic carbocycles. The minimum Gasteiger partial charge on any atom is -0.423 e. The highest BCUT2D eigenvalue weighted by Crippen LogP contribution is 2.50. The first-order valence-electron chi connectivity index (χ1n) is 12.8. The summed E-state index contributed by atoms with van der Waals surface area (Å²) in [6, 6.07) is 7.16. The van der Waals surface area contributed by atoms with E-state index in [4.69, 9.17) is 20.6 Å². The van der Waals surface area contributed by atoms with Gasteiger partial charge in [0.1, 0.15) is 5.75 Å². The molecule has 0 saturated heterocycles. The zero-order valence-electron chi connectivity index (χ0n) is 20.1. The van der Waals surface area contributed by atoms with E-state index in [1.54, 1.807) is 12.1 Å². The molecule has 0 radical (unpaired) electrons. The summed E-state index contributed by atoms with van der Waals surface area (Å²) in [5.41, 5.74) is 0. The number of halogens is 1. The van der Waals surface area contributed by atoms with Crippen molar-refractivity contribution in [1.29, 1.82) is 0 Å². The molecule has 1 rings (SSSR count). The van der Waals surface area contributed by atoms with E-state index in [1.165, 1.54) is 77.0 Å². The Morgan fingerprint density at radius 2 is 1.19 bits per heavy atom. The summed E-state index contributed by atoms with van der Waals surface area (Å²) in [5, 5.41) is 0.472. The summed E-state index contributed by atoms with van der Waals surface area (Å²) in [7, 11) is -3.16. The number of rotatable bonds is 21. The predicted octanol–water partition coefficient (Wildman–Crippen LogP) is 10.2. The molecule has 0 aliphatic rings. The smallest absolute Gasteiger partial charge is 0.379 e. The second-order valence-corrected chi connectivity index (χ2v) is 11.2. The largest absolute Gasteiger partial charge is 0.423 e. The third kappa shape index (κ3) is 15.1. The Kier molecular flexibility index (Phi) is 17.5. The first-order valence-corrected chi connectivity index (χ1v) is 14.9. The van der Waals surface area contributed by atoms with E-state index in [1.807, 2.05) is 12.1 Å². The third-order valence-corrected chi connectivity index (χ3v) is 7.87. The molecule has 0 fully saturated rings. The fourth-order valence-electron chi connectivity index (χ4n) is 3.66. The van der Waals surface area contributed by atoms with Gasteiger partial charge in [0.2, 0.25) is 0 Å². The summed E-state index contributed by atoms with van der Waals surface area (Å²) < 4.78 is 24.7. The molecule has 0 bridgehead atoms. The third-order valence-electron chi connectivity index (χ3n) is 5.65. The molecule has 0 saturated carbocycles. The SMILES string of the molecule is CCCCCCCCCCCCCCCCOP(=O)(CCCC)Oc1ccccc1Cl. The van der Waals surface area contributed by atoms with Crippen LogP contribution in [-0.4, -0.2) is 12.8 Å². The van der Waals surface area contributed by atoms with Crippen molar-refractivity contribution in [2.45, 2.75) is 117 Å². The van der Waals surface area contributed by atoms with Gasteiger partial charge in [-0.2, -0.15) is 0 Å². The fraction of sp³-hybridized carbons (Fsp3) is 0.769. The van der Waals surface area contributed by atoms with Crippen LogP contribution in [0.15, 0.2) is 24.3 Å². The number of hydrogen-bond acceptors (Lipinski definition) is 3. The van der Waals surface area contributed by atoms with Crippen molar-refractivity contribution < 1.29 is 13.6 Å². The normalized spacial score (nSPS) is 13.3. The zero-order valence-corrected chi connectivity index (χ0v) is 21.7. The number of hydrogen-bond donors (Lipinski definition) is 0. The first kappa shape index (κ1) is 28.5. The molecule has 0 aliphatic heterocycles. The summed E-state index contributed by atoms with van der Waals surface area (Å²) in [4.78, 5) is 0. The lowest BCUT2D eigenvalue weighted by molar-refractivity contribution is 0.257. The van der Waals surface area contributed by atoms with Gasteiger partial charge in [0, 0.05) is 0 Å². The molecule has 1 aromatic carbocycles. The standard InChI is InChI=1S/C26H46ClO3P/c1-3-5-7-8-9-10-11-12-13-14-15-16-17-20-23-29-31(28,24-6-4-2)30-26-22-19-18-21-25(26)27/h18-19,21-22H,3-17,20,23-24H2,1-2H3. The predicted molar refractivity (Wildman–Crippen MR) is 136 cm³/mol. The molecule has 0 aromatic heterocycles. The second-order valence-electron chi connectivity index (χ2n) is 8.64. The maximum absolute atomic E-state index is 13.1. The van der Waals surface area contributed by atoms with Crippen molar-refractivity contribution in [2.75, 3.05) is 12.8 Å². The molecule has 31 heavy (non-hydrogen) atoms. The van der Waals surface area contributed by atoms with Crippen LogP contribution in [0.3, 0.4) is 0 Å². The molecule has 1 atom stereocenters. The zero-order chi connectivity index (χ0) is 22.6. The van der Waals surface area contributed by atoms with Crippen LogP contribution in [0.5, 0.6) is 5.75 Å². The van der Waals surface area contributed by atoms with Crippen molar-refractivity contribution in [2.24, 2.45) is 0 Å². The molecule has 0 N–H and O–H groups in total. The molecular weight excluding hydrogens is 427 g/mol. The van der Waals surface area contributed by atoms with Gasteiger partial charge in [-0.05, 0) is 25.0 Å². The molecule has 0 spiro atoms. The molecule has 5 heteroatoms. The van der Waals surface area contributed by atoms with Gasteiger partial charge in [-0.3, -0.25) is 4.52 Å². The van der Waals surface area contributed by atoms with Gasteiger partial charge in [0.05, 0.1) is 17.8 Å². The van der Waals surface area contributed by atoms with Gasteiger partial charge in [-0.1, -0.05) is 127 Å². The Morgan fingerprint density at radius 1 is 0.710 bits per heavy atom. The highest BCUT2D eigenvalue weighted by Gasteiger charge is 2.26. The van der Waals surface area contributed by atoms with E-state index in [2.05, 4.69) is 13.8 Å². The summed E-state index contributed by atoms with van der Waals surface area (Å²) >= 11 is 6.16. The van der Waals surface area contributed by atoms with E-state index >= 15 is 0 Å². The van der Waals surface area contributed by atoms with Crippen LogP contribution >= 0.6 is 19.2 Å². The Hall–Kier alpha value is -0.500. The summed E-state index contributed by atoms with van der Waals surface area (Å²) in [5.74, 6) is 0.449. The number of benzene rings is 1. The van der Waals surface area contributed by atoms with E-state index < -0.39 is 7.60 Å². The highest BCUT2D eigenvalue weighted by atomic mass is 35.5. The average Bonchev–Trinajstić information content (AvgIpc) is 2.77. The number of unbranched alkanes of at least 4 members (excludes halogenated alkanes) is 14. The monoisotopic (exact) mass is 472 g/mol. The molecule has 0 heterocycles. The lowest BCUT2D eigenvalue weighted by Crippen LogP contribution is -2.04. The Bertz CT molecular complexity index is 594. The maximum Gasteiger partial charge on any atom is 0.379 e. The van der Waals surface area contributed by atoms with Gasteiger partial charge in [-0.25, -0.2) is 4.57 Å². The Labute approximate surface area is 197 Å². The molecule has 0 amide bonds. The van der Waals surface area contributed by atoms with E-state index in [0.29, 0.717) is 23.5 Å². The van der Waals surface area contributed by atoms with Crippen LogP contribution in [0.2, 0.25) is 5.02 Å². The summed E-state index contributed by atoms with van der Waals surface area (Å²) in [6.07, 6.45) is 20.7. The van der Waals surface area contributed by atoms with Gasteiger partial charge in [0.25, 0.3) is 0 Å². The van der Waals surface area contributed by atoms with Crippen molar-refractivity contribution in [3.63, 3.8) is 0 Å². The van der Waals surface area contributed by atoms with Crippen LogP contribution < -0.4 is 4.52 Å². The van der Waals surface area contributed by atoms with Crippen LogP contribution in [0.4, 0.5) is 0 Å². The Balaban J connectivity index is 2.08. The van der Waals surface area contributed by atoms with Crippen LogP contribution in [0, 0.1) is 0 Å². The summed E-state index contributed by atoms with van der Waals surface area (Å²) in [6.45, 7) is 4.84. The molecular formula is C26H46ClO3P. The minimum atomic E-state index is -3.16. The highest BCUT2D eigenvalue weighted by molar-refractivity contribution is 7.54. The van der Waals surface area contributed by atoms with E-state index in [-0.39, 0.29) is 0 Å². The van der Waals surface area contributed by atoms with Gasteiger partial charge in [0.15, 0.2) is 0 Å². The van der Waals surface area contributed by atoms with E-state index in [0.717, 1.165) is 25.7 Å². The van der Waals surface area contributed by atoms with Crippen LogP contribution in [0.25, 0.3) is 0 Å². The minimum absolute atomic E-state index is 0.438. The second kappa shape index (κ2) is 19.0. The topological polar surface area (TPSA) is 35.5 Å². The molecule has 1 aromatic rings. The average molecular weight is 473 g/mol. The molecule has 180 valence electrons. The van der Waals surface area contributed by atoms with Gasteiger partial charge in [-0.15, -0.1) is 0 Å². The molecule has 3 nitrogen and oxygen atoms in total. The van der Waals surface area contributed by atoms with Gasteiger partial charge >= 0.3 is 7.60 Å². The lowest BCUT2D eigenvalue weighted by Gasteiger charge is -2.20. The van der Waals surface area contributed by atoms with Gasteiger partial charge < -0.3 is 4.52 Å². The van der Waals surface area contributed by atoms with E-state index in [9.17, 15) is 4.57 Å². The Morgan fingerprint density at radius 3 is 1.71 bits per heavy atom. The lowest BCUT2D eigenvalue weighted by atomic mass is 10.0. The van der Waals surface area contributed by atoms with Crippen molar-refractivity contribution in [1.82, 2.24) is 0 Å². The van der Waals surface area contributed by atoms with Crippen molar-refractivity contribution in [3.8, 4) is 5.75 Å². The maximum atomic E-state index is 13.1. The first-order chi connectivity index (χ1) is 15.1. The van der Waals surface area contributed by atoms with Crippen LogP contribution in [0.1, 0.15) is 117 Å². The van der Waals surface area contributed by atoms with Crippen molar-refractivity contribution >= 4 is 19.2 Å². The van der Waals surface area contributed by atoms with Crippen LogP contribution in [-0.2, 0) is 9.09 Å². The number of para-hydroxylation sites is 1. The molecule has 1 unspecified atom stereocenters. The quantitative estimate of drug-likeness (QED) is 0.132. The fourth-order valence-corrected chi connectivity index (χ4v) is 5.73. The van der Waals surface area contributed by atoms with Crippen molar-refractivity contribution in [3.05, 3.63) is 29.3 Å².